The molecule has 14 heteroatoms. The highest BCUT2D eigenvalue weighted by molar-refractivity contribution is 7.93. The van der Waals surface area contributed by atoms with Crippen molar-refractivity contribution in [2.24, 2.45) is 0 Å². The number of hydrogen-bond donors (Lipinski definition) is 4. The highest BCUT2D eigenvalue weighted by Crippen LogP contribution is 2.32. The predicted octanol–water partition coefficient (Wildman–Crippen LogP) is 5.14. The topological polar surface area (TPSA) is 183 Å². The van der Waals surface area contributed by atoms with Crippen LogP contribution in [0.3, 0.4) is 0 Å². The minimum absolute atomic E-state index is 0.233. The number of carbonyl (C=O) groups is 1. The first-order valence-corrected chi connectivity index (χ1v) is 14.6. The molecule has 0 radical (unpaired) electrons. The largest absolute Gasteiger partial charge is 0.383 e. The van der Waals surface area contributed by atoms with E-state index in [4.69, 9.17) is 15.4 Å². The molecule has 0 saturated heterocycles. The third kappa shape index (κ3) is 5.88. The number of hydrogen-bond acceptors (Lipinski definition) is 9. The zero-order chi connectivity index (χ0) is 30.2. The number of carbonyl (C=O) groups excluding carboxylic acids is 1. The van der Waals surface area contributed by atoms with Crippen LogP contribution in [0.15, 0.2) is 65.4 Å². The first-order chi connectivity index (χ1) is 19.8. The van der Waals surface area contributed by atoms with E-state index in [9.17, 15) is 13.2 Å². The van der Waals surface area contributed by atoms with Gasteiger partial charge < -0.3 is 15.6 Å². The van der Waals surface area contributed by atoms with Gasteiger partial charge in [0.15, 0.2) is 11.5 Å². The second-order valence-corrected chi connectivity index (χ2v) is 13.2. The summed E-state index contributed by atoms with van der Waals surface area (Å²) in [6, 6.07) is 15.1. The number of aromatic nitrogens is 5. The van der Waals surface area contributed by atoms with Gasteiger partial charge in [0.25, 0.3) is 0 Å². The number of anilines is 4. The van der Waals surface area contributed by atoms with Crippen LogP contribution >= 0.6 is 0 Å². The summed E-state index contributed by atoms with van der Waals surface area (Å²) in [5.74, 6) is 1.22. The molecule has 42 heavy (non-hydrogen) atoms. The van der Waals surface area contributed by atoms with Crippen LogP contribution in [0.1, 0.15) is 40.4 Å². The fourth-order valence-electron chi connectivity index (χ4n) is 3.99. The zero-order valence-electron chi connectivity index (χ0n) is 23.7. The summed E-state index contributed by atoms with van der Waals surface area (Å²) in [5.41, 5.74) is 9.37. The molecule has 13 nitrogen and oxygen atoms in total. The van der Waals surface area contributed by atoms with Gasteiger partial charge in [0.2, 0.25) is 10.0 Å². The fraction of sp³-hybridized carbons (Fsp3) is 0.250. The minimum Gasteiger partial charge on any atom is -0.383 e. The Hall–Kier alpha value is -4.98. The summed E-state index contributed by atoms with van der Waals surface area (Å²) in [5, 5.41) is 14.1. The van der Waals surface area contributed by atoms with E-state index >= 15 is 0 Å². The van der Waals surface area contributed by atoms with E-state index in [-0.39, 0.29) is 11.2 Å². The lowest BCUT2D eigenvalue weighted by molar-refractivity contribution is 0.262. The van der Waals surface area contributed by atoms with Crippen molar-refractivity contribution < 1.29 is 17.7 Å². The van der Waals surface area contributed by atoms with E-state index < -0.39 is 21.3 Å². The van der Waals surface area contributed by atoms with E-state index in [0.29, 0.717) is 50.9 Å². The minimum atomic E-state index is -3.48. The van der Waals surface area contributed by atoms with Gasteiger partial charge in [-0.3, -0.25) is 10.0 Å². The molecule has 5 rings (SSSR count). The normalized spacial score (nSPS) is 12.0. The molecule has 218 valence electrons. The van der Waals surface area contributed by atoms with Gasteiger partial charge in [0.1, 0.15) is 23.6 Å². The van der Waals surface area contributed by atoms with Crippen molar-refractivity contribution in [2.45, 2.75) is 45.3 Å². The van der Waals surface area contributed by atoms with Crippen molar-refractivity contribution in [1.29, 1.82) is 0 Å². The smallest absolute Gasteiger partial charge is 0.324 e. The highest BCUT2D eigenvalue weighted by Gasteiger charge is 2.21. The van der Waals surface area contributed by atoms with Gasteiger partial charge in [-0.25, -0.2) is 27.9 Å². The van der Waals surface area contributed by atoms with E-state index in [1.807, 2.05) is 20.8 Å². The second kappa shape index (κ2) is 10.8. The summed E-state index contributed by atoms with van der Waals surface area (Å²) >= 11 is 0. The summed E-state index contributed by atoms with van der Waals surface area (Å²) in [7, 11) is -3.48. The highest BCUT2D eigenvalue weighted by atomic mass is 32.2. The average Bonchev–Trinajstić information content (AvgIpc) is 3.55. The molecule has 3 aromatic heterocycles. The van der Waals surface area contributed by atoms with E-state index in [2.05, 4.69) is 30.5 Å². The van der Waals surface area contributed by atoms with Crippen molar-refractivity contribution in [3.8, 4) is 16.9 Å². The molecule has 0 unspecified atom stereocenters. The number of urea groups is 1. The Labute approximate surface area is 242 Å². The number of rotatable bonds is 7. The van der Waals surface area contributed by atoms with Crippen LogP contribution in [0, 0.1) is 0 Å². The van der Waals surface area contributed by atoms with Crippen molar-refractivity contribution in [2.75, 3.05) is 21.1 Å². The van der Waals surface area contributed by atoms with Gasteiger partial charge in [-0.1, -0.05) is 38.1 Å². The first-order valence-electron chi connectivity index (χ1n) is 13.1. The molecule has 2 amide bonds. The quantitative estimate of drug-likeness (QED) is 0.199. The van der Waals surface area contributed by atoms with Crippen LogP contribution in [-0.2, 0) is 15.4 Å². The van der Waals surface area contributed by atoms with Crippen LogP contribution in [0.25, 0.3) is 28.0 Å². The van der Waals surface area contributed by atoms with Gasteiger partial charge in [0.05, 0.1) is 16.3 Å². The number of amides is 2. The molecule has 0 bridgehead atoms. The van der Waals surface area contributed by atoms with E-state index in [1.165, 1.54) is 6.33 Å². The Balaban J connectivity index is 1.38. The summed E-state index contributed by atoms with van der Waals surface area (Å²) in [4.78, 5) is 21.1. The van der Waals surface area contributed by atoms with E-state index in [1.54, 1.807) is 73.1 Å². The molecule has 0 spiro atoms. The van der Waals surface area contributed by atoms with Crippen LogP contribution < -0.4 is 21.1 Å². The Morgan fingerprint density at radius 2 is 1.64 bits per heavy atom. The van der Waals surface area contributed by atoms with Gasteiger partial charge in [-0.2, -0.15) is 5.10 Å². The molecule has 2 aromatic carbocycles. The van der Waals surface area contributed by atoms with Gasteiger partial charge in [-0.05, 0) is 50.2 Å². The van der Waals surface area contributed by atoms with Crippen molar-refractivity contribution in [1.82, 2.24) is 24.9 Å². The van der Waals surface area contributed by atoms with Crippen molar-refractivity contribution in [3.05, 3.63) is 66.7 Å². The molecule has 0 fully saturated rings. The zero-order valence-corrected chi connectivity index (χ0v) is 24.5. The molecule has 0 saturated carbocycles. The van der Waals surface area contributed by atoms with Crippen LogP contribution in [-0.4, -0.2) is 44.6 Å². The molecular formula is C28H31N9O4S. The van der Waals surface area contributed by atoms with Gasteiger partial charge in [0, 0.05) is 28.4 Å². The summed E-state index contributed by atoms with van der Waals surface area (Å²) < 4.78 is 34.0. The van der Waals surface area contributed by atoms with Crippen molar-refractivity contribution >= 4 is 50.1 Å². The molecule has 0 atom stereocenters. The molecule has 0 aliphatic heterocycles. The monoisotopic (exact) mass is 589 g/mol. The Kier molecular flexibility index (Phi) is 7.33. The van der Waals surface area contributed by atoms with Crippen molar-refractivity contribution in [3.63, 3.8) is 0 Å². The fourth-order valence-corrected chi connectivity index (χ4v) is 4.69. The number of nitrogens with one attached hydrogen (secondary N) is 3. The van der Waals surface area contributed by atoms with Crippen LogP contribution in [0.4, 0.5) is 27.8 Å². The Bertz CT molecular complexity index is 1850. The molecule has 5 N–H and O–H groups in total. The van der Waals surface area contributed by atoms with Crippen LogP contribution in [0.5, 0.6) is 0 Å². The summed E-state index contributed by atoms with van der Waals surface area (Å²) in [6.45, 7) is 9.18. The lowest BCUT2D eigenvalue weighted by Crippen LogP contribution is -2.22. The average molecular weight is 590 g/mol. The Morgan fingerprint density at radius 1 is 0.976 bits per heavy atom. The van der Waals surface area contributed by atoms with Gasteiger partial charge >= 0.3 is 6.03 Å². The third-order valence-corrected chi connectivity index (χ3v) is 8.16. The van der Waals surface area contributed by atoms with Gasteiger partial charge in [-0.15, -0.1) is 0 Å². The number of nitrogens with zero attached hydrogens (tertiary/aromatic N) is 5. The molecule has 3 heterocycles. The maximum absolute atomic E-state index is 12.5. The third-order valence-electron chi connectivity index (χ3n) is 6.39. The molecule has 0 aliphatic rings. The second-order valence-electron chi connectivity index (χ2n) is 10.9. The Morgan fingerprint density at radius 3 is 2.26 bits per heavy atom. The number of nitrogens with two attached hydrogens (primary N) is 1. The number of fused-ring (bicyclic) bond motifs is 1. The number of nitrogen functional groups attached to an aromatic ring is 1. The molecule has 5 aromatic rings. The summed E-state index contributed by atoms with van der Waals surface area (Å²) in [6.07, 6.45) is 1.36. The molecular weight excluding hydrogens is 558 g/mol. The first kappa shape index (κ1) is 28.5. The molecule has 0 aliphatic carbocycles. The lowest BCUT2D eigenvalue weighted by atomic mass is 9.93. The van der Waals surface area contributed by atoms with Crippen LogP contribution in [0.2, 0.25) is 0 Å². The maximum Gasteiger partial charge on any atom is 0.324 e. The number of benzene rings is 2. The predicted molar refractivity (Wildman–Crippen MR) is 162 cm³/mol. The standard InChI is InChI=1S/C28H31N9O4S/c1-16(2)42(39,40)36-19-8-6-17(7-9-19)24-23-25(29)30-15-31-26(23)37(34-24)20-12-10-18(11-13-20)32-27(38)33-22-14-21(41-35-22)28(3,4)5/h6-16,36H,1-5H3,(H2,29,30,31)(H2,32,33,35,38). The lowest BCUT2D eigenvalue weighted by Gasteiger charge is -2.12. The van der Waals surface area contributed by atoms with E-state index in [0.717, 1.165) is 0 Å². The maximum atomic E-state index is 12.5. The SMILES string of the molecule is CC(C)S(=O)(=O)Nc1ccc(-c2nn(-c3ccc(NC(=O)Nc4cc(C(C)(C)C)on4)cc3)c3ncnc(N)c23)cc1. The number of sulfonamides is 1.